The number of rotatable bonds is 9. The van der Waals surface area contributed by atoms with Gasteiger partial charge in [0.15, 0.2) is 5.82 Å². The van der Waals surface area contributed by atoms with Gasteiger partial charge in [-0.15, -0.1) is 0 Å². The van der Waals surface area contributed by atoms with Crippen molar-refractivity contribution < 1.29 is 19.1 Å². The van der Waals surface area contributed by atoms with Crippen LogP contribution in [0.2, 0.25) is 5.02 Å². The smallest absolute Gasteiger partial charge is 0.287 e. The summed E-state index contributed by atoms with van der Waals surface area (Å²) in [5, 5.41) is 17.9. The lowest BCUT2D eigenvalue weighted by Crippen LogP contribution is -2.50. The van der Waals surface area contributed by atoms with Crippen molar-refractivity contribution in [2.24, 2.45) is 11.8 Å². The number of nitrogens with zero attached hydrogens (tertiary/aromatic N) is 2. The zero-order valence-corrected chi connectivity index (χ0v) is 18.9. The van der Waals surface area contributed by atoms with Crippen LogP contribution in [0.1, 0.15) is 42.7 Å². The summed E-state index contributed by atoms with van der Waals surface area (Å²) < 4.78 is 5.18. The fourth-order valence-electron chi connectivity index (χ4n) is 4.00. The van der Waals surface area contributed by atoms with E-state index in [1.807, 2.05) is 0 Å². The van der Waals surface area contributed by atoms with E-state index in [1.165, 1.54) is 7.11 Å². The molecule has 174 valence electrons. The third-order valence-corrected chi connectivity index (χ3v) is 6.40. The average molecular weight is 473 g/mol. The summed E-state index contributed by atoms with van der Waals surface area (Å²) >= 11 is 6.28. The van der Waals surface area contributed by atoms with E-state index in [1.54, 1.807) is 12.1 Å². The molecule has 1 aromatic heterocycles. The van der Waals surface area contributed by atoms with Crippen LogP contribution in [0, 0.1) is 23.2 Å². The fourth-order valence-corrected chi connectivity index (χ4v) is 4.29. The molecule has 1 aliphatic carbocycles. The normalized spacial score (nSPS) is 19.4. The molecule has 4 N–H and O–H groups in total. The predicted molar refractivity (Wildman–Crippen MR) is 120 cm³/mol. The fraction of sp³-hybridized carbons (Fsp3) is 0.500. The number of hydrogen-bond acceptors (Lipinski definition) is 6. The van der Waals surface area contributed by atoms with E-state index in [9.17, 15) is 19.6 Å². The third kappa shape index (κ3) is 5.20. The molecular formula is C22H25ClN6O4. The number of ether oxygens (including phenoxy) is 1. The van der Waals surface area contributed by atoms with Gasteiger partial charge < -0.3 is 25.7 Å². The Labute approximate surface area is 195 Å². The lowest BCUT2D eigenvalue weighted by Gasteiger charge is -2.21. The number of aromatic amines is 1. The van der Waals surface area contributed by atoms with E-state index >= 15 is 0 Å². The second-order valence-corrected chi connectivity index (χ2v) is 8.85. The number of halogens is 1. The second-order valence-electron chi connectivity index (χ2n) is 8.47. The van der Waals surface area contributed by atoms with Gasteiger partial charge in [-0.05, 0) is 37.3 Å². The summed E-state index contributed by atoms with van der Waals surface area (Å²) in [5.41, 5.74) is 0.956. The average Bonchev–Trinajstić information content (AvgIpc) is 3.36. The number of nitriles is 1. The van der Waals surface area contributed by atoms with Crippen molar-refractivity contribution in [3.63, 3.8) is 0 Å². The van der Waals surface area contributed by atoms with Crippen molar-refractivity contribution in [2.75, 3.05) is 13.7 Å². The van der Waals surface area contributed by atoms with Crippen LogP contribution < -0.4 is 20.7 Å². The first kappa shape index (κ1) is 22.9. The summed E-state index contributed by atoms with van der Waals surface area (Å²) in [7, 11) is 1.49. The Hall–Kier alpha value is -3.32. The molecule has 2 aromatic rings. The molecule has 1 saturated carbocycles. The lowest BCUT2D eigenvalue weighted by atomic mass is 9.98. The number of nitrogens with one attached hydrogen (secondary N) is 4. The zero-order valence-electron chi connectivity index (χ0n) is 18.1. The van der Waals surface area contributed by atoms with Crippen molar-refractivity contribution >= 4 is 40.4 Å². The maximum absolute atomic E-state index is 13.0. The number of methoxy groups -OCH3 is 1. The Morgan fingerprint density at radius 3 is 2.73 bits per heavy atom. The van der Waals surface area contributed by atoms with Crippen molar-refractivity contribution in [3.8, 4) is 11.8 Å². The van der Waals surface area contributed by atoms with E-state index in [0.717, 1.165) is 12.8 Å². The molecule has 10 nitrogen and oxygen atoms in total. The van der Waals surface area contributed by atoms with Crippen LogP contribution in [0.15, 0.2) is 12.1 Å². The number of amides is 3. The van der Waals surface area contributed by atoms with Gasteiger partial charge in [-0.1, -0.05) is 24.4 Å². The van der Waals surface area contributed by atoms with Crippen LogP contribution in [-0.2, 0) is 9.59 Å². The number of fused-ring (bicyclic) bond motifs is 1. The molecule has 33 heavy (non-hydrogen) atoms. The van der Waals surface area contributed by atoms with Crippen molar-refractivity contribution in [1.29, 1.82) is 5.26 Å². The second kappa shape index (κ2) is 9.67. The van der Waals surface area contributed by atoms with E-state index in [0.29, 0.717) is 42.1 Å². The molecule has 1 saturated heterocycles. The van der Waals surface area contributed by atoms with Gasteiger partial charge in [-0.2, -0.15) is 5.26 Å². The summed E-state index contributed by atoms with van der Waals surface area (Å²) in [4.78, 5) is 44.9. The molecular weight excluding hydrogens is 448 g/mol. The summed E-state index contributed by atoms with van der Waals surface area (Å²) in [6, 6.07) is 3.78. The maximum atomic E-state index is 13.0. The molecule has 0 bridgehead atoms. The number of imidazole rings is 1. The minimum absolute atomic E-state index is 0.0215. The van der Waals surface area contributed by atoms with E-state index in [4.69, 9.17) is 16.3 Å². The van der Waals surface area contributed by atoms with Gasteiger partial charge in [-0.25, -0.2) is 4.98 Å². The standard InChI is InChI=1S/C22H25ClN6O4/c1-33-16-5-4-14-18(17(16)23)29-19(27-14)22(32)28-15(8-11-2-3-11)21(31)26-13(10-24)9-12-6-7-25-20(12)30/h4-5,11-13,15H,2-3,6-9H2,1H3,(H,25,30)(H,26,31)(H,27,29)(H,28,32)/t12-,13-,15-/m0/s1. The summed E-state index contributed by atoms with van der Waals surface area (Å²) in [6.07, 6.45) is 3.32. The van der Waals surface area contributed by atoms with Gasteiger partial charge in [0.2, 0.25) is 11.8 Å². The number of carbonyl (C=O) groups is 3. The number of carbonyl (C=O) groups excluding carboxylic acids is 3. The van der Waals surface area contributed by atoms with E-state index < -0.39 is 23.9 Å². The number of aromatic nitrogens is 2. The molecule has 0 spiro atoms. The Bertz CT molecular complexity index is 1120. The topological polar surface area (TPSA) is 149 Å². The predicted octanol–water partition coefficient (Wildman–Crippen LogP) is 1.66. The van der Waals surface area contributed by atoms with Crippen molar-refractivity contribution in [1.82, 2.24) is 25.9 Å². The van der Waals surface area contributed by atoms with Crippen LogP contribution in [0.25, 0.3) is 11.0 Å². The van der Waals surface area contributed by atoms with Crippen molar-refractivity contribution in [3.05, 3.63) is 23.0 Å². The monoisotopic (exact) mass is 472 g/mol. The quantitative estimate of drug-likeness (QED) is 0.436. The molecule has 1 aromatic carbocycles. The Balaban J connectivity index is 1.45. The zero-order chi connectivity index (χ0) is 23.5. The first-order valence-electron chi connectivity index (χ1n) is 10.9. The van der Waals surface area contributed by atoms with Crippen LogP contribution in [-0.4, -0.2) is 53.4 Å². The first-order valence-corrected chi connectivity index (χ1v) is 11.3. The Kier molecular flexibility index (Phi) is 6.70. The van der Waals surface area contributed by atoms with Gasteiger partial charge in [-0.3, -0.25) is 14.4 Å². The Morgan fingerprint density at radius 1 is 1.30 bits per heavy atom. The molecule has 0 unspecified atom stereocenters. The molecule has 3 atom stereocenters. The SMILES string of the molecule is COc1ccc2[nH]c(C(=O)N[C@@H](CC3CC3)C(=O)N[C@H](C#N)C[C@@H]3CCNC3=O)nc2c1Cl. The highest BCUT2D eigenvalue weighted by Gasteiger charge is 2.33. The minimum atomic E-state index is -0.823. The number of benzene rings is 1. The van der Waals surface area contributed by atoms with Crippen LogP contribution in [0.4, 0.5) is 0 Å². The largest absolute Gasteiger partial charge is 0.495 e. The summed E-state index contributed by atoms with van der Waals surface area (Å²) in [6.45, 7) is 0.573. The van der Waals surface area contributed by atoms with Crippen molar-refractivity contribution in [2.45, 2.75) is 44.2 Å². The Morgan fingerprint density at radius 2 is 2.09 bits per heavy atom. The third-order valence-electron chi connectivity index (χ3n) is 6.04. The lowest BCUT2D eigenvalue weighted by molar-refractivity contribution is -0.125. The molecule has 2 fully saturated rings. The molecule has 11 heteroatoms. The molecule has 3 amide bonds. The molecule has 4 rings (SSSR count). The molecule has 0 radical (unpaired) electrons. The highest BCUT2D eigenvalue weighted by molar-refractivity contribution is 6.36. The van der Waals surface area contributed by atoms with Gasteiger partial charge in [0.1, 0.15) is 28.4 Å². The summed E-state index contributed by atoms with van der Waals surface area (Å²) in [5.74, 6) is -0.602. The minimum Gasteiger partial charge on any atom is -0.495 e. The highest BCUT2D eigenvalue weighted by Crippen LogP contribution is 2.34. The maximum Gasteiger partial charge on any atom is 0.287 e. The van der Waals surface area contributed by atoms with Gasteiger partial charge >= 0.3 is 0 Å². The molecule has 2 aliphatic rings. The van der Waals surface area contributed by atoms with Gasteiger partial charge in [0, 0.05) is 12.5 Å². The van der Waals surface area contributed by atoms with Crippen LogP contribution in [0.5, 0.6) is 5.75 Å². The van der Waals surface area contributed by atoms with Gasteiger partial charge in [0.05, 0.1) is 18.7 Å². The highest BCUT2D eigenvalue weighted by atomic mass is 35.5. The number of H-pyrrole nitrogens is 1. The van der Waals surface area contributed by atoms with E-state index in [2.05, 4.69) is 32.0 Å². The molecule has 2 heterocycles. The van der Waals surface area contributed by atoms with Gasteiger partial charge in [0.25, 0.3) is 5.91 Å². The molecule has 1 aliphatic heterocycles. The van der Waals surface area contributed by atoms with E-state index in [-0.39, 0.29) is 29.1 Å². The van der Waals surface area contributed by atoms with Crippen LogP contribution >= 0.6 is 11.6 Å². The first-order chi connectivity index (χ1) is 15.9. The van der Waals surface area contributed by atoms with Crippen LogP contribution in [0.3, 0.4) is 0 Å². The number of hydrogen-bond donors (Lipinski definition) is 4.